The Morgan fingerprint density at radius 2 is 2.00 bits per heavy atom. The van der Waals surface area contributed by atoms with E-state index in [0.717, 1.165) is 5.69 Å². The fourth-order valence-electron chi connectivity index (χ4n) is 2.69. The first-order chi connectivity index (χ1) is 11.5. The SMILES string of the molecule is Cc1ccc(C(=O)N2CCN(CC(=O)Nc3nncs3)CC2)n1C. The highest BCUT2D eigenvalue weighted by Gasteiger charge is 2.25. The van der Waals surface area contributed by atoms with Crippen LogP contribution < -0.4 is 5.32 Å². The number of carbonyl (C=O) groups excluding carboxylic acids is 2. The molecule has 0 saturated carbocycles. The third-order valence-corrected chi connectivity index (χ3v) is 4.83. The lowest BCUT2D eigenvalue weighted by molar-refractivity contribution is -0.117. The highest BCUT2D eigenvalue weighted by atomic mass is 32.1. The molecule has 2 amide bonds. The van der Waals surface area contributed by atoms with Crippen LogP contribution in [0.25, 0.3) is 0 Å². The number of aromatic nitrogens is 3. The second kappa shape index (κ2) is 7.10. The fourth-order valence-corrected chi connectivity index (χ4v) is 3.15. The zero-order chi connectivity index (χ0) is 17.1. The summed E-state index contributed by atoms with van der Waals surface area (Å²) < 4.78 is 1.91. The number of hydrogen-bond acceptors (Lipinski definition) is 6. The molecule has 24 heavy (non-hydrogen) atoms. The third kappa shape index (κ3) is 3.62. The van der Waals surface area contributed by atoms with Gasteiger partial charge in [-0.05, 0) is 19.1 Å². The highest BCUT2D eigenvalue weighted by molar-refractivity contribution is 7.13. The van der Waals surface area contributed by atoms with Gasteiger partial charge in [0.25, 0.3) is 5.91 Å². The molecule has 0 unspecified atom stereocenters. The second-order valence-corrected chi connectivity index (χ2v) is 6.61. The van der Waals surface area contributed by atoms with E-state index in [1.54, 1.807) is 5.51 Å². The van der Waals surface area contributed by atoms with Crippen molar-refractivity contribution in [1.29, 1.82) is 0 Å². The van der Waals surface area contributed by atoms with Gasteiger partial charge in [-0.2, -0.15) is 0 Å². The molecule has 0 atom stereocenters. The number of rotatable bonds is 4. The molecule has 1 aliphatic heterocycles. The Balaban J connectivity index is 1.49. The van der Waals surface area contributed by atoms with E-state index in [9.17, 15) is 9.59 Å². The van der Waals surface area contributed by atoms with Gasteiger partial charge in [0.05, 0.1) is 6.54 Å². The lowest BCUT2D eigenvalue weighted by atomic mass is 10.2. The summed E-state index contributed by atoms with van der Waals surface area (Å²) in [6.45, 7) is 4.87. The van der Waals surface area contributed by atoms with Crippen molar-refractivity contribution in [1.82, 2.24) is 24.6 Å². The Morgan fingerprint density at radius 3 is 2.58 bits per heavy atom. The molecule has 0 bridgehead atoms. The average Bonchev–Trinajstić information content (AvgIpc) is 3.18. The molecule has 3 heterocycles. The lowest BCUT2D eigenvalue weighted by Gasteiger charge is -2.34. The van der Waals surface area contributed by atoms with Crippen LogP contribution in [-0.4, -0.2) is 69.1 Å². The van der Waals surface area contributed by atoms with E-state index >= 15 is 0 Å². The van der Waals surface area contributed by atoms with Crippen molar-refractivity contribution in [2.75, 3.05) is 38.0 Å². The Hall–Kier alpha value is -2.26. The average molecular weight is 348 g/mol. The van der Waals surface area contributed by atoms with Gasteiger partial charge < -0.3 is 9.47 Å². The van der Waals surface area contributed by atoms with Gasteiger partial charge in [-0.15, -0.1) is 10.2 Å². The van der Waals surface area contributed by atoms with Gasteiger partial charge in [-0.3, -0.25) is 19.8 Å². The standard InChI is InChI=1S/C15H20N6O2S/c1-11-3-4-12(19(11)2)14(23)21-7-5-20(6-8-21)9-13(22)17-15-18-16-10-24-15/h3-4,10H,5-9H2,1-2H3,(H,17,18,22). The maximum Gasteiger partial charge on any atom is 0.270 e. The van der Waals surface area contributed by atoms with Crippen molar-refractivity contribution in [3.63, 3.8) is 0 Å². The summed E-state index contributed by atoms with van der Waals surface area (Å²) in [6.07, 6.45) is 0. The van der Waals surface area contributed by atoms with E-state index in [2.05, 4.69) is 15.5 Å². The van der Waals surface area contributed by atoms with E-state index in [1.165, 1.54) is 11.3 Å². The predicted octanol–water partition coefficient (Wildman–Crippen LogP) is 0.582. The molecular weight excluding hydrogens is 328 g/mol. The van der Waals surface area contributed by atoms with Crippen molar-refractivity contribution < 1.29 is 9.59 Å². The van der Waals surface area contributed by atoms with Crippen molar-refractivity contribution in [2.24, 2.45) is 7.05 Å². The number of anilines is 1. The third-order valence-electron chi connectivity index (χ3n) is 4.23. The summed E-state index contributed by atoms with van der Waals surface area (Å²) in [6, 6.07) is 3.81. The molecule has 2 aromatic rings. The zero-order valence-electron chi connectivity index (χ0n) is 13.7. The molecule has 1 saturated heterocycles. The number of carbonyl (C=O) groups is 2. The normalized spacial score (nSPS) is 15.5. The van der Waals surface area contributed by atoms with Gasteiger partial charge in [-0.25, -0.2) is 0 Å². The number of amides is 2. The van der Waals surface area contributed by atoms with E-state index in [4.69, 9.17) is 0 Å². The Kier molecular flexibility index (Phi) is 4.91. The number of aryl methyl sites for hydroxylation is 1. The predicted molar refractivity (Wildman–Crippen MR) is 91.0 cm³/mol. The molecule has 128 valence electrons. The van der Waals surface area contributed by atoms with Crippen LogP contribution >= 0.6 is 11.3 Å². The van der Waals surface area contributed by atoms with Crippen LogP contribution in [0.5, 0.6) is 0 Å². The van der Waals surface area contributed by atoms with Crippen molar-refractivity contribution in [3.05, 3.63) is 29.0 Å². The molecule has 2 aromatic heterocycles. The summed E-state index contributed by atoms with van der Waals surface area (Å²) in [5, 5.41) is 10.7. The topological polar surface area (TPSA) is 83.4 Å². The molecular formula is C15H20N6O2S. The molecule has 1 aliphatic rings. The van der Waals surface area contributed by atoms with Crippen LogP contribution in [0.1, 0.15) is 16.2 Å². The number of piperazine rings is 1. The largest absolute Gasteiger partial charge is 0.344 e. The van der Waals surface area contributed by atoms with Crippen LogP contribution in [0.15, 0.2) is 17.6 Å². The van der Waals surface area contributed by atoms with Crippen LogP contribution in [0.3, 0.4) is 0 Å². The Labute approximate surface area is 144 Å². The molecule has 0 aromatic carbocycles. The molecule has 0 aliphatic carbocycles. The van der Waals surface area contributed by atoms with Crippen LogP contribution in [0.2, 0.25) is 0 Å². The maximum atomic E-state index is 12.6. The van der Waals surface area contributed by atoms with E-state index in [1.807, 2.05) is 40.5 Å². The second-order valence-electron chi connectivity index (χ2n) is 5.78. The minimum Gasteiger partial charge on any atom is -0.344 e. The molecule has 1 fully saturated rings. The van der Waals surface area contributed by atoms with Crippen LogP contribution in [0, 0.1) is 6.92 Å². The molecule has 3 rings (SSSR count). The van der Waals surface area contributed by atoms with Gasteiger partial charge in [0, 0.05) is 38.9 Å². The molecule has 0 radical (unpaired) electrons. The quantitative estimate of drug-likeness (QED) is 0.874. The van der Waals surface area contributed by atoms with E-state index in [0.29, 0.717) is 43.5 Å². The van der Waals surface area contributed by atoms with E-state index in [-0.39, 0.29) is 11.8 Å². The van der Waals surface area contributed by atoms with Crippen molar-refractivity contribution in [3.8, 4) is 0 Å². The maximum absolute atomic E-state index is 12.6. The molecule has 8 nitrogen and oxygen atoms in total. The zero-order valence-corrected chi connectivity index (χ0v) is 14.5. The molecule has 0 spiro atoms. The minimum absolute atomic E-state index is 0.0450. The number of nitrogens with zero attached hydrogens (tertiary/aromatic N) is 5. The van der Waals surface area contributed by atoms with Gasteiger partial charge >= 0.3 is 0 Å². The highest BCUT2D eigenvalue weighted by Crippen LogP contribution is 2.12. The molecule has 1 N–H and O–H groups in total. The van der Waals surface area contributed by atoms with Crippen LogP contribution in [-0.2, 0) is 11.8 Å². The van der Waals surface area contributed by atoms with Gasteiger partial charge in [0.15, 0.2) is 0 Å². The van der Waals surface area contributed by atoms with Crippen molar-refractivity contribution >= 4 is 28.3 Å². The summed E-state index contributed by atoms with van der Waals surface area (Å²) in [5.41, 5.74) is 3.34. The Morgan fingerprint density at radius 1 is 1.25 bits per heavy atom. The smallest absolute Gasteiger partial charge is 0.270 e. The Bertz CT molecular complexity index is 718. The monoisotopic (exact) mass is 348 g/mol. The summed E-state index contributed by atoms with van der Waals surface area (Å²) in [7, 11) is 1.90. The fraction of sp³-hybridized carbons (Fsp3) is 0.467. The minimum atomic E-state index is -0.107. The summed E-state index contributed by atoms with van der Waals surface area (Å²) in [5.74, 6) is -0.0619. The first kappa shape index (κ1) is 16.6. The lowest BCUT2D eigenvalue weighted by Crippen LogP contribution is -2.50. The van der Waals surface area contributed by atoms with Gasteiger partial charge in [0.1, 0.15) is 11.2 Å². The summed E-state index contributed by atoms with van der Waals surface area (Å²) in [4.78, 5) is 28.4. The number of hydrogen-bond donors (Lipinski definition) is 1. The first-order valence-corrected chi connectivity index (χ1v) is 8.62. The molecule has 9 heteroatoms. The van der Waals surface area contributed by atoms with Crippen LogP contribution in [0.4, 0.5) is 5.13 Å². The van der Waals surface area contributed by atoms with Gasteiger partial charge in [-0.1, -0.05) is 11.3 Å². The van der Waals surface area contributed by atoms with Gasteiger partial charge in [0.2, 0.25) is 11.0 Å². The first-order valence-electron chi connectivity index (χ1n) is 7.74. The van der Waals surface area contributed by atoms with Crippen molar-refractivity contribution in [2.45, 2.75) is 6.92 Å². The number of nitrogens with one attached hydrogen (secondary N) is 1. The summed E-state index contributed by atoms with van der Waals surface area (Å²) >= 11 is 1.29. The van der Waals surface area contributed by atoms with E-state index < -0.39 is 0 Å².